The van der Waals surface area contributed by atoms with Crippen LogP contribution in [-0.2, 0) is 0 Å². The standard InChI is InChI=1S/C13H17BN2.C2H6/c1-5-9-12(15-6-2)13(16-7-3)10-8-11-14-4;1-2/h5-11H,2-3H2,1,4H3;1-2H3/b9-5-,10-8-,15-12?,16-13?;. The molecule has 0 aromatic heterocycles. The molecule has 0 atom stereocenters. The molecule has 0 bridgehead atoms. The van der Waals surface area contributed by atoms with E-state index in [4.69, 9.17) is 0 Å². The van der Waals surface area contributed by atoms with Crippen LogP contribution in [0.4, 0.5) is 0 Å². The minimum absolute atomic E-state index is 0.756. The molecule has 0 aliphatic carbocycles. The first-order chi connectivity index (χ1) is 8.79. The van der Waals surface area contributed by atoms with E-state index in [0.717, 1.165) is 11.4 Å². The van der Waals surface area contributed by atoms with E-state index in [9.17, 15) is 0 Å². The molecular formula is C15H23BN2. The first-order valence-corrected chi connectivity index (χ1v) is 6.10. The van der Waals surface area contributed by atoms with Gasteiger partial charge in [0.25, 0.3) is 0 Å². The molecule has 0 N–H and O–H groups in total. The monoisotopic (exact) mass is 242 g/mol. The zero-order chi connectivity index (χ0) is 14.2. The minimum Gasteiger partial charge on any atom is -0.0683 e. The Kier molecular flexibility index (Phi) is 15.7. The van der Waals surface area contributed by atoms with Gasteiger partial charge in [-0.05, 0) is 0 Å². The normalized spacial score (nSPS) is 12.4. The summed E-state index contributed by atoms with van der Waals surface area (Å²) in [4.78, 5) is 8.31. The van der Waals surface area contributed by atoms with Crippen molar-refractivity contribution in [2.24, 2.45) is 9.98 Å². The summed E-state index contributed by atoms with van der Waals surface area (Å²) in [6, 6.07) is 0. The SMILES string of the molecule is C=CN=C(/C=C\C)C(/C=C\C=BC)=NC=C.CC. The first kappa shape index (κ1) is 18.6. The van der Waals surface area contributed by atoms with Crippen molar-refractivity contribution in [1.29, 1.82) is 0 Å². The van der Waals surface area contributed by atoms with Gasteiger partial charge < -0.3 is 0 Å². The van der Waals surface area contributed by atoms with Crippen molar-refractivity contribution >= 4 is 24.3 Å². The zero-order valence-electron chi connectivity index (χ0n) is 11.9. The maximum atomic E-state index is 4.16. The van der Waals surface area contributed by atoms with Crippen LogP contribution in [0.15, 0.2) is 59.8 Å². The molecule has 18 heavy (non-hydrogen) atoms. The molecule has 0 radical (unpaired) electrons. The average Bonchev–Trinajstić information content (AvgIpc) is 2.40. The second-order valence-electron chi connectivity index (χ2n) is 2.78. The molecule has 0 saturated heterocycles. The molecule has 0 aliphatic rings. The van der Waals surface area contributed by atoms with Gasteiger partial charge in [-0.3, -0.25) is 0 Å². The van der Waals surface area contributed by atoms with Gasteiger partial charge in [0.15, 0.2) is 0 Å². The fraction of sp³-hybridized carbons (Fsp3) is 0.267. The minimum atomic E-state index is 0.756. The first-order valence-electron chi connectivity index (χ1n) is 6.10. The summed E-state index contributed by atoms with van der Waals surface area (Å²) in [6.45, 7) is 17.0. The number of hydrogen-bond acceptors (Lipinski definition) is 2. The van der Waals surface area contributed by atoms with Gasteiger partial charge in [-0.1, -0.05) is 13.8 Å². The Hall–Kier alpha value is -1.77. The van der Waals surface area contributed by atoms with Gasteiger partial charge >= 0.3 is 97.9 Å². The Labute approximate surface area is 112 Å². The average molecular weight is 242 g/mol. The number of rotatable bonds is 6. The Morgan fingerprint density at radius 1 is 1.00 bits per heavy atom. The molecule has 0 saturated carbocycles. The molecule has 0 amide bonds. The van der Waals surface area contributed by atoms with Crippen molar-refractivity contribution in [1.82, 2.24) is 0 Å². The summed E-state index contributed by atoms with van der Waals surface area (Å²) < 4.78 is 0. The zero-order valence-corrected chi connectivity index (χ0v) is 11.9. The van der Waals surface area contributed by atoms with Crippen LogP contribution < -0.4 is 0 Å². The predicted molar refractivity (Wildman–Crippen MR) is 88.2 cm³/mol. The van der Waals surface area contributed by atoms with Gasteiger partial charge in [-0.2, -0.15) is 0 Å². The number of allylic oxidation sites excluding steroid dienone is 4. The van der Waals surface area contributed by atoms with E-state index in [1.54, 1.807) is 0 Å². The largest absolute Gasteiger partial charge is 0.0683 e. The Balaban J connectivity index is 0. The number of nitrogens with zero attached hydrogens (tertiary/aromatic N) is 2. The second kappa shape index (κ2) is 15.2. The van der Waals surface area contributed by atoms with Gasteiger partial charge in [0.1, 0.15) is 0 Å². The molecule has 0 aromatic carbocycles. The van der Waals surface area contributed by atoms with Gasteiger partial charge in [-0.25, -0.2) is 0 Å². The Bertz CT molecular complexity index is 372. The van der Waals surface area contributed by atoms with Gasteiger partial charge in [0.2, 0.25) is 0 Å². The molecular weight excluding hydrogens is 219 g/mol. The summed E-state index contributed by atoms with van der Waals surface area (Å²) >= 11 is 0. The van der Waals surface area contributed by atoms with E-state index >= 15 is 0 Å². The van der Waals surface area contributed by atoms with Crippen LogP contribution in [0.2, 0.25) is 6.82 Å². The molecule has 96 valence electrons. The van der Waals surface area contributed by atoms with E-state index in [2.05, 4.69) is 23.1 Å². The van der Waals surface area contributed by atoms with Crippen LogP contribution in [-0.4, -0.2) is 24.3 Å². The number of aliphatic imine (C=N–C) groups is 2. The number of hydrogen-bond donors (Lipinski definition) is 0. The fourth-order valence-electron chi connectivity index (χ4n) is 1.00. The van der Waals surface area contributed by atoms with Gasteiger partial charge in [-0.15, -0.1) is 0 Å². The van der Waals surface area contributed by atoms with Crippen molar-refractivity contribution in [2.45, 2.75) is 27.6 Å². The predicted octanol–water partition coefficient (Wildman–Crippen LogP) is 3.87. The Morgan fingerprint density at radius 3 is 1.89 bits per heavy atom. The van der Waals surface area contributed by atoms with Crippen LogP contribution in [0, 0.1) is 0 Å². The molecule has 0 heterocycles. The van der Waals surface area contributed by atoms with Crippen molar-refractivity contribution in [3.05, 3.63) is 49.9 Å². The molecule has 3 heteroatoms. The summed E-state index contributed by atoms with van der Waals surface area (Å²) in [5, 5.41) is 0. The topological polar surface area (TPSA) is 24.7 Å². The van der Waals surface area contributed by atoms with Crippen LogP contribution in [0.5, 0.6) is 0 Å². The third-order valence-electron chi connectivity index (χ3n) is 1.61. The van der Waals surface area contributed by atoms with Gasteiger partial charge in [0.05, 0.1) is 0 Å². The second-order valence-corrected chi connectivity index (χ2v) is 2.78. The summed E-state index contributed by atoms with van der Waals surface area (Å²) in [6.07, 6.45) is 10.6. The maximum absolute atomic E-state index is 4.16. The molecule has 0 unspecified atom stereocenters. The third kappa shape index (κ3) is 9.46. The molecule has 0 fully saturated rings. The Morgan fingerprint density at radius 2 is 1.50 bits per heavy atom. The van der Waals surface area contributed by atoms with Gasteiger partial charge in [0, 0.05) is 0 Å². The van der Waals surface area contributed by atoms with Crippen molar-refractivity contribution in [3.63, 3.8) is 0 Å². The van der Waals surface area contributed by atoms with Crippen LogP contribution in [0.25, 0.3) is 0 Å². The molecule has 2 nitrogen and oxygen atoms in total. The quantitative estimate of drug-likeness (QED) is 0.499. The molecule has 0 rings (SSSR count). The summed E-state index contributed by atoms with van der Waals surface area (Å²) in [5.41, 5.74) is 1.52. The van der Waals surface area contributed by atoms with E-state index in [0.29, 0.717) is 0 Å². The van der Waals surface area contributed by atoms with Crippen LogP contribution in [0.1, 0.15) is 20.8 Å². The summed E-state index contributed by atoms with van der Waals surface area (Å²) in [5.74, 6) is 1.93. The van der Waals surface area contributed by atoms with Crippen LogP contribution in [0.3, 0.4) is 0 Å². The van der Waals surface area contributed by atoms with E-state index < -0.39 is 0 Å². The van der Waals surface area contributed by atoms with E-state index in [1.807, 2.05) is 64.8 Å². The maximum Gasteiger partial charge on any atom is -0.0683 e. The summed E-state index contributed by atoms with van der Waals surface area (Å²) in [7, 11) is 0. The van der Waals surface area contributed by atoms with Crippen LogP contribution >= 0.6 is 0 Å². The van der Waals surface area contributed by atoms with E-state index in [-0.39, 0.29) is 0 Å². The molecule has 0 aromatic rings. The van der Waals surface area contributed by atoms with Crippen molar-refractivity contribution in [3.8, 4) is 0 Å². The molecule has 0 spiro atoms. The van der Waals surface area contributed by atoms with Crippen molar-refractivity contribution in [2.75, 3.05) is 0 Å². The molecule has 0 aliphatic heterocycles. The fourth-order valence-corrected chi connectivity index (χ4v) is 1.00. The van der Waals surface area contributed by atoms with Crippen molar-refractivity contribution < 1.29 is 0 Å². The third-order valence-corrected chi connectivity index (χ3v) is 1.61. The van der Waals surface area contributed by atoms with E-state index in [1.165, 1.54) is 12.4 Å². The smallest absolute Gasteiger partial charge is 0.0683 e.